The third kappa shape index (κ3) is 7.63. The lowest BCUT2D eigenvalue weighted by molar-refractivity contribution is -0.137. The van der Waals surface area contributed by atoms with Gasteiger partial charge in [-0.2, -0.15) is 0 Å². The molecule has 0 aromatic heterocycles. The zero-order valence-electron chi connectivity index (χ0n) is 15.6. The van der Waals surface area contributed by atoms with Gasteiger partial charge in [0.05, 0.1) is 10.6 Å². The van der Waals surface area contributed by atoms with Gasteiger partial charge in [0.25, 0.3) is 11.8 Å². The Balaban J connectivity index is 2.13. The standard InChI is InChI=1S/C22H21ClN2O4/c23-18-12-5-4-11-17(18)21(28)25-19(22(29)24-15-7-14-20(26)27)13-6-10-16-8-2-1-3-9-16/h1-6,8-13H,7,14-15H2,(H,24,29)(H,25,28)(H,26,27)/b10-6+,19-13+. The molecular weight excluding hydrogens is 392 g/mol. The van der Waals surface area contributed by atoms with E-state index >= 15 is 0 Å². The molecule has 2 aromatic rings. The van der Waals surface area contributed by atoms with E-state index < -0.39 is 17.8 Å². The number of allylic oxidation sites excluding steroid dienone is 2. The van der Waals surface area contributed by atoms with Gasteiger partial charge in [0.15, 0.2) is 0 Å². The first kappa shape index (κ1) is 21.9. The average molecular weight is 413 g/mol. The van der Waals surface area contributed by atoms with Crippen molar-refractivity contribution in [3.63, 3.8) is 0 Å². The summed E-state index contributed by atoms with van der Waals surface area (Å²) in [5.74, 6) is -1.98. The zero-order valence-corrected chi connectivity index (χ0v) is 16.4. The lowest BCUT2D eigenvalue weighted by atomic mass is 10.2. The van der Waals surface area contributed by atoms with Gasteiger partial charge in [0, 0.05) is 13.0 Å². The summed E-state index contributed by atoms with van der Waals surface area (Å²) in [5, 5.41) is 14.1. The summed E-state index contributed by atoms with van der Waals surface area (Å²) in [5.41, 5.74) is 1.20. The minimum absolute atomic E-state index is 0.0254. The summed E-state index contributed by atoms with van der Waals surface area (Å²) in [6.07, 6.45) is 5.15. The van der Waals surface area contributed by atoms with Gasteiger partial charge >= 0.3 is 5.97 Å². The lowest BCUT2D eigenvalue weighted by Crippen LogP contribution is -2.35. The van der Waals surface area contributed by atoms with E-state index in [9.17, 15) is 14.4 Å². The molecule has 3 N–H and O–H groups in total. The number of hydrogen-bond acceptors (Lipinski definition) is 3. The molecule has 7 heteroatoms. The third-order valence-electron chi connectivity index (χ3n) is 3.82. The van der Waals surface area contributed by atoms with Crippen LogP contribution in [0.4, 0.5) is 0 Å². The van der Waals surface area contributed by atoms with E-state index in [1.807, 2.05) is 30.3 Å². The maximum atomic E-state index is 12.5. The fraction of sp³-hybridized carbons (Fsp3) is 0.136. The van der Waals surface area contributed by atoms with Gasteiger partial charge in [-0.25, -0.2) is 0 Å². The number of carbonyl (C=O) groups excluding carboxylic acids is 2. The van der Waals surface area contributed by atoms with Gasteiger partial charge < -0.3 is 15.7 Å². The molecule has 0 radical (unpaired) electrons. The van der Waals surface area contributed by atoms with Crippen molar-refractivity contribution in [3.05, 3.63) is 88.6 Å². The first-order valence-corrected chi connectivity index (χ1v) is 9.34. The van der Waals surface area contributed by atoms with E-state index in [0.29, 0.717) is 0 Å². The average Bonchev–Trinajstić information content (AvgIpc) is 2.71. The van der Waals surface area contributed by atoms with E-state index in [1.54, 1.807) is 36.4 Å². The van der Waals surface area contributed by atoms with Crippen LogP contribution in [-0.2, 0) is 9.59 Å². The number of benzene rings is 2. The molecule has 0 aliphatic heterocycles. The second-order valence-corrected chi connectivity index (χ2v) is 6.44. The van der Waals surface area contributed by atoms with Crippen molar-refractivity contribution in [2.45, 2.75) is 12.8 Å². The summed E-state index contributed by atoms with van der Waals surface area (Å²) < 4.78 is 0. The van der Waals surface area contributed by atoms with Gasteiger partial charge in [0.2, 0.25) is 0 Å². The van der Waals surface area contributed by atoms with Crippen molar-refractivity contribution in [2.75, 3.05) is 6.54 Å². The minimum Gasteiger partial charge on any atom is -0.481 e. The van der Waals surface area contributed by atoms with Gasteiger partial charge in [-0.3, -0.25) is 14.4 Å². The van der Waals surface area contributed by atoms with Crippen LogP contribution < -0.4 is 10.6 Å². The highest BCUT2D eigenvalue weighted by atomic mass is 35.5. The van der Waals surface area contributed by atoms with Crippen molar-refractivity contribution in [3.8, 4) is 0 Å². The fourth-order valence-electron chi connectivity index (χ4n) is 2.37. The van der Waals surface area contributed by atoms with Crippen molar-refractivity contribution < 1.29 is 19.5 Å². The molecule has 29 heavy (non-hydrogen) atoms. The Bertz CT molecular complexity index is 923. The highest BCUT2D eigenvalue weighted by Gasteiger charge is 2.15. The summed E-state index contributed by atoms with van der Waals surface area (Å²) in [6.45, 7) is 0.173. The van der Waals surface area contributed by atoms with Crippen LogP contribution in [0.3, 0.4) is 0 Å². The summed E-state index contributed by atoms with van der Waals surface area (Å²) in [4.78, 5) is 35.6. The summed E-state index contributed by atoms with van der Waals surface area (Å²) >= 11 is 6.05. The number of carboxylic acids is 1. The van der Waals surface area contributed by atoms with Gasteiger partial charge in [-0.1, -0.05) is 66.2 Å². The zero-order chi connectivity index (χ0) is 21.1. The number of amides is 2. The number of halogens is 1. The molecule has 0 heterocycles. The number of rotatable bonds is 9. The van der Waals surface area contributed by atoms with E-state index in [2.05, 4.69) is 10.6 Å². The second-order valence-electron chi connectivity index (χ2n) is 6.04. The van der Waals surface area contributed by atoms with E-state index in [-0.39, 0.29) is 35.7 Å². The first-order valence-electron chi connectivity index (χ1n) is 8.96. The molecule has 0 atom stereocenters. The highest BCUT2D eigenvalue weighted by Crippen LogP contribution is 2.15. The van der Waals surface area contributed by atoms with Crippen LogP contribution in [0.1, 0.15) is 28.8 Å². The molecule has 0 spiro atoms. The smallest absolute Gasteiger partial charge is 0.303 e. The minimum atomic E-state index is -0.937. The van der Waals surface area contributed by atoms with E-state index in [4.69, 9.17) is 16.7 Å². The molecule has 0 bridgehead atoms. The molecule has 2 amide bonds. The van der Waals surface area contributed by atoms with Crippen LogP contribution in [0.15, 0.2) is 72.4 Å². The van der Waals surface area contributed by atoms with Gasteiger partial charge in [-0.05, 0) is 30.2 Å². The number of carbonyl (C=O) groups is 3. The molecule has 2 aromatic carbocycles. The predicted molar refractivity (Wildman–Crippen MR) is 112 cm³/mol. The van der Waals surface area contributed by atoms with Gasteiger partial charge in [0.1, 0.15) is 5.70 Å². The number of carboxylic acid groups (broad SMARTS) is 1. The van der Waals surface area contributed by atoms with Crippen LogP contribution in [-0.4, -0.2) is 29.4 Å². The molecule has 0 aliphatic rings. The van der Waals surface area contributed by atoms with Gasteiger partial charge in [-0.15, -0.1) is 0 Å². The summed E-state index contributed by atoms with van der Waals surface area (Å²) in [7, 11) is 0. The van der Waals surface area contributed by atoms with Crippen LogP contribution in [0.2, 0.25) is 5.02 Å². The Morgan fingerprint density at radius 3 is 2.38 bits per heavy atom. The van der Waals surface area contributed by atoms with Crippen molar-refractivity contribution in [1.82, 2.24) is 10.6 Å². The number of aliphatic carboxylic acids is 1. The maximum absolute atomic E-state index is 12.5. The molecule has 0 aliphatic carbocycles. The van der Waals surface area contributed by atoms with Crippen molar-refractivity contribution in [1.29, 1.82) is 0 Å². The van der Waals surface area contributed by atoms with Crippen LogP contribution >= 0.6 is 11.6 Å². The summed E-state index contributed by atoms with van der Waals surface area (Å²) in [6, 6.07) is 16.0. The number of hydrogen-bond donors (Lipinski definition) is 3. The molecule has 6 nitrogen and oxygen atoms in total. The van der Waals surface area contributed by atoms with Crippen molar-refractivity contribution in [2.24, 2.45) is 0 Å². The quantitative estimate of drug-likeness (QED) is 0.333. The first-order chi connectivity index (χ1) is 14.0. The van der Waals surface area contributed by atoms with E-state index in [0.717, 1.165) is 5.56 Å². The SMILES string of the molecule is O=C(O)CCCNC(=O)/C(=C\C=C\c1ccccc1)NC(=O)c1ccccc1Cl. The van der Waals surface area contributed by atoms with E-state index in [1.165, 1.54) is 6.08 Å². The molecule has 2 rings (SSSR count). The normalized spacial score (nSPS) is 11.3. The fourth-order valence-corrected chi connectivity index (χ4v) is 2.59. The monoisotopic (exact) mass is 412 g/mol. The Morgan fingerprint density at radius 1 is 1.00 bits per heavy atom. The number of nitrogens with one attached hydrogen (secondary N) is 2. The highest BCUT2D eigenvalue weighted by molar-refractivity contribution is 6.34. The molecular formula is C22H21ClN2O4. The Morgan fingerprint density at radius 2 is 1.69 bits per heavy atom. The maximum Gasteiger partial charge on any atom is 0.303 e. The predicted octanol–water partition coefficient (Wildman–Crippen LogP) is 3.65. The topological polar surface area (TPSA) is 95.5 Å². The Labute approximate surface area is 173 Å². The van der Waals surface area contributed by atoms with Crippen LogP contribution in [0.5, 0.6) is 0 Å². The van der Waals surface area contributed by atoms with Crippen LogP contribution in [0, 0.1) is 0 Å². The Hall–Kier alpha value is -3.38. The molecule has 0 saturated heterocycles. The lowest BCUT2D eigenvalue weighted by Gasteiger charge is -2.11. The molecule has 0 unspecified atom stereocenters. The third-order valence-corrected chi connectivity index (χ3v) is 4.15. The second kappa shape index (κ2) is 11.5. The molecule has 150 valence electrons. The van der Waals surface area contributed by atoms with Crippen molar-refractivity contribution >= 4 is 35.5 Å². The largest absolute Gasteiger partial charge is 0.481 e. The Kier molecular flexibility index (Phi) is 8.66. The van der Waals surface area contributed by atoms with Crippen LogP contribution in [0.25, 0.3) is 6.08 Å². The molecule has 0 saturated carbocycles. The molecule has 0 fully saturated rings.